The lowest BCUT2D eigenvalue weighted by Gasteiger charge is -2.13. The van der Waals surface area contributed by atoms with Crippen LogP contribution in [0.2, 0.25) is 0 Å². The molecule has 1 rings (SSSR count). The van der Waals surface area contributed by atoms with Crippen LogP contribution in [0.5, 0.6) is 0 Å². The van der Waals surface area contributed by atoms with Gasteiger partial charge < -0.3 is 4.74 Å². The molecule has 0 N–H and O–H groups in total. The molecule has 0 atom stereocenters. The van der Waals surface area contributed by atoms with Crippen LogP contribution in [0.1, 0.15) is 6.92 Å². The fourth-order valence-electron chi connectivity index (χ4n) is 0.801. The fraction of sp³-hybridized carbons (Fsp3) is 0.571. The summed E-state index contributed by atoms with van der Waals surface area (Å²) in [6.45, 7) is 1.96. The van der Waals surface area contributed by atoms with Gasteiger partial charge in [-0.25, -0.2) is 4.79 Å². The van der Waals surface area contributed by atoms with Gasteiger partial charge in [-0.2, -0.15) is 0 Å². The molecule has 0 radical (unpaired) electrons. The predicted octanol–water partition coefficient (Wildman–Crippen LogP) is 1.87. The molecular weight excluding hydrogens is 180 g/mol. The summed E-state index contributed by atoms with van der Waals surface area (Å²) in [5.74, 6) is 1.91. The van der Waals surface area contributed by atoms with Crippen LogP contribution in [0.4, 0.5) is 0 Å². The first-order chi connectivity index (χ1) is 5.25. The van der Waals surface area contributed by atoms with Crippen molar-refractivity contribution in [2.75, 3.05) is 18.6 Å². The molecular formula is C7H10O2S2. The maximum absolute atomic E-state index is 11.1. The van der Waals surface area contributed by atoms with Crippen molar-refractivity contribution in [1.29, 1.82) is 0 Å². The van der Waals surface area contributed by atoms with E-state index in [-0.39, 0.29) is 5.97 Å². The molecule has 0 fully saturated rings. The third-order valence-corrected chi connectivity index (χ3v) is 3.94. The molecule has 4 heteroatoms. The molecule has 0 amide bonds. The number of esters is 1. The Bertz CT molecular complexity index is 199. The normalized spacial score (nSPS) is 18.4. The van der Waals surface area contributed by atoms with Gasteiger partial charge >= 0.3 is 5.97 Å². The van der Waals surface area contributed by atoms with E-state index in [1.807, 2.05) is 6.92 Å². The monoisotopic (exact) mass is 190 g/mol. The molecule has 0 aromatic heterocycles. The van der Waals surface area contributed by atoms with Gasteiger partial charge in [0.05, 0.1) is 7.11 Å². The molecule has 62 valence electrons. The van der Waals surface area contributed by atoms with Crippen LogP contribution in [-0.4, -0.2) is 24.6 Å². The minimum absolute atomic E-state index is 0.195. The maximum atomic E-state index is 11.1. The number of carbonyl (C=O) groups excluding carboxylic acids is 1. The lowest BCUT2D eigenvalue weighted by atomic mass is 10.5. The summed E-state index contributed by atoms with van der Waals surface area (Å²) in [6, 6.07) is 0. The van der Waals surface area contributed by atoms with Crippen molar-refractivity contribution in [2.24, 2.45) is 0 Å². The first kappa shape index (κ1) is 9.00. The van der Waals surface area contributed by atoms with Crippen LogP contribution in [0.3, 0.4) is 0 Å². The lowest BCUT2D eigenvalue weighted by Crippen LogP contribution is -2.07. The molecule has 0 unspecified atom stereocenters. The predicted molar refractivity (Wildman–Crippen MR) is 49.6 cm³/mol. The van der Waals surface area contributed by atoms with E-state index in [0.717, 1.165) is 21.3 Å². The summed E-state index contributed by atoms with van der Waals surface area (Å²) in [6.07, 6.45) is 0. The molecule has 0 aromatic rings. The number of hydrogen-bond donors (Lipinski definition) is 0. The molecule has 2 nitrogen and oxygen atoms in total. The van der Waals surface area contributed by atoms with Crippen molar-refractivity contribution in [3.05, 3.63) is 9.81 Å². The smallest absolute Gasteiger partial charge is 0.345 e. The molecule has 1 aliphatic rings. The summed E-state index contributed by atoms with van der Waals surface area (Å²) >= 11 is 3.32. The maximum Gasteiger partial charge on any atom is 0.345 e. The molecule has 0 saturated carbocycles. The summed E-state index contributed by atoms with van der Waals surface area (Å²) in [5, 5.41) is 0. The Morgan fingerprint density at radius 3 is 2.64 bits per heavy atom. The number of allylic oxidation sites excluding steroid dienone is 1. The fourth-order valence-corrected chi connectivity index (χ4v) is 2.95. The number of methoxy groups -OCH3 is 1. The molecule has 11 heavy (non-hydrogen) atoms. The Labute approximate surface area is 74.8 Å². The second kappa shape index (κ2) is 4.07. The zero-order valence-electron chi connectivity index (χ0n) is 6.55. The van der Waals surface area contributed by atoms with Gasteiger partial charge in [-0.3, -0.25) is 0 Å². The lowest BCUT2D eigenvalue weighted by molar-refractivity contribution is -0.135. The Morgan fingerprint density at radius 2 is 2.09 bits per heavy atom. The van der Waals surface area contributed by atoms with Gasteiger partial charge in [-0.15, -0.1) is 23.5 Å². The highest BCUT2D eigenvalue weighted by Crippen LogP contribution is 2.33. The molecule has 0 aromatic carbocycles. The average Bonchev–Trinajstić information content (AvgIpc) is 2.04. The second-order valence-corrected chi connectivity index (χ2v) is 4.49. The van der Waals surface area contributed by atoms with Crippen molar-refractivity contribution in [3.63, 3.8) is 0 Å². The molecule has 1 aliphatic heterocycles. The number of hydrogen-bond acceptors (Lipinski definition) is 4. The van der Waals surface area contributed by atoms with Crippen molar-refractivity contribution >= 4 is 29.5 Å². The van der Waals surface area contributed by atoms with Crippen molar-refractivity contribution in [1.82, 2.24) is 0 Å². The Kier molecular flexibility index (Phi) is 3.33. The van der Waals surface area contributed by atoms with Gasteiger partial charge in [-0.05, 0) is 6.92 Å². The molecule has 1 heterocycles. The van der Waals surface area contributed by atoms with Crippen molar-refractivity contribution in [2.45, 2.75) is 6.92 Å². The number of thioether (sulfide) groups is 2. The SMILES string of the molecule is COC(=O)C1=C(C)SCCS1. The Morgan fingerprint density at radius 1 is 1.45 bits per heavy atom. The van der Waals surface area contributed by atoms with E-state index in [0.29, 0.717) is 0 Å². The molecule has 0 aliphatic carbocycles. The number of ether oxygens (including phenoxy) is 1. The van der Waals surface area contributed by atoms with Crippen LogP contribution in [0.25, 0.3) is 0 Å². The van der Waals surface area contributed by atoms with Gasteiger partial charge in [0.2, 0.25) is 0 Å². The topological polar surface area (TPSA) is 26.3 Å². The van der Waals surface area contributed by atoms with E-state index in [4.69, 9.17) is 0 Å². The van der Waals surface area contributed by atoms with E-state index in [9.17, 15) is 4.79 Å². The quantitative estimate of drug-likeness (QED) is 0.590. The summed E-state index contributed by atoms with van der Waals surface area (Å²) in [4.78, 5) is 12.9. The van der Waals surface area contributed by atoms with Crippen LogP contribution >= 0.6 is 23.5 Å². The first-order valence-corrected chi connectivity index (χ1v) is 5.27. The Hall–Kier alpha value is -0.0900. The van der Waals surface area contributed by atoms with E-state index in [1.165, 1.54) is 7.11 Å². The third-order valence-electron chi connectivity index (χ3n) is 1.34. The van der Waals surface area contributed by atoms with Crippen molar-refractivity contribution in [3.8, 4) is 0 Å². The van der Waals surface area contributed by atoms with Gasteiger partial charge in [-0.1, -0.05) is 0 Å². The molecule has 0 saturated heterocycles. The summed E-state index contributed by atoms with van der Waals surface area (Å²) in [7, 11) is 1.42. The van der Waals surface area contributed by atoms with E-state index in [2.05, 4.69) is 4.74 Å². The van der Waals surface area contributed by atoms with Crippen LogP contribution in [0.15, 0.2) is 9.81 Å². The van der Waals surface area contributed by atoms with Gasteiger partial charge in [0.15, 0.2) is 0 Å². The Balaban J connectivity index is 2.74. The third kappa shape index (κ3) is 2.17. The average molecular weight is 190 g/mol. The van der Waals surface area contributed by atoms with Crippen LogP contribution in [-0.2, 0) is 9.53 Å². The minimum atomic E-state index is -0.195. The largest absolute Gasteiger partial charge is 0.465 e. The van der Waals surface area contributed by atoms with Crippen LogP contribution < -0.4 is 0 Å². The summed E-state index contributed by atoms with van der Waals surface area (Å²) in [5.41, 5.74) is 0. The highest BCUT2D eigenvalue weighted by molar-refractivity contribution is 8.10. The van der Waals surface area contributed by atoms with Gasteiger partial charge in [0.25, 0.3) is 0 Å². The van der Waals surface area contributed by atoms with Crippen LogP contribution in [0, 0.1) is 0 Å². The number of rotatable bonds is 1. The van der Waals surface area contributed by atoms with Gasteiger partial charge in [0.1, 0.15) is 4.91 Å². The molecule has 0 spiro atoms. The van der Waals surface area contributed by atoms with E-state index in [1.54, 1.807) is 23.5 Å². The highest BCUT2D eigenvalue weighted by atomic mass is 32.2. The van der Waals surface area contributed by atoms with E-state index >= 15 is 0 Å². The zero-order chi connectivity index (χ0) is 8.27. The first-order valence-electron chi connectivity index (χ1n) is 3.30. The van der Waals surface area contributed by atoms with E-state index < -0.39 is 0 Å². The highest BCUT2D eigenvalue weighted by Gasteiger charge is 2.17. The second-order valence-electron chi connectivity index (χ2n) is 2.07. The minimum Gasteiger partial charge on any atom is -0.465 e. The zero-order valence-corrected chi connectivity index (χ0v) is 8.18. The van der Waals surface area contributed by atoms with Crippen molar-refractivity contribution < 1.29 is 9.53 Å². The number of carbonyl (C=O) groups is 1. The molecule has 0 bridgehead atoms. The van der Waals surface area contributed by atoms with Gasteiger partial charge in [0, 0.05) is 16.4 Å². The standard InChI is InChI=1S/C7H10O2S2/c1-5-6(7(8)9-2)11-4-3-10-5/h3-4H2,1-2H3. The summed E-state index contributed by atoms with van der Waals surface area (Å²) < 4.78 is 4.63.